The molecule has 3 aromatic rings. The molecule has 1 aromatic carbocycles. The molecule has 3 N–H and O–H groups in total. The number of aromatic nitrogens is 3. The smallest absolute Gasteiger partial charge is 0.418 e. The minimum absolute atomic E-state index is 0.0109. The van der Waals surface area contributed by atoms with Crippen molar-refractivity contribution in [1.29, 1.82) is 0 Å². The molecule has 2 aromatic heterocycles. The van der Waals surface area contributed by atoms with Gasteiger partial charge in [0.05, 0.1) is 35.8 Å². The van der Waals surface area contributed by atoms with Crippen LogP contribution < -0.4 is 20.7 Å². The van der Waals surface area contributed by atoms with Crippen LogP contribution in [0.5, 0.6) is 5.88 Å². The predicted octanol–water partition coefficient (Wildman–Crippen LogP) is 5.88. The van der Waals surface area contributed by atoms with Crippen LogP contribution in [0.2, 0.25) is 0 Å². The minimum Gasteiger partial charge on any atom is -0.471 e. The maximum Gasteiger partial charge on any atom is 0.418 e. The van der Waals surface area contributed by atoms with Crippen molar-refractivity contribution in [2.75, 3.05) is 25.1 Å². The average molecular weight is 693 g/mol. The number of halogens is 8. The van der Waals surface area contributed by atoms with Gasteiger partial charge >= 0.3 is 12.4 Å². The number of alkyl halides is 8. The van der Waals surface area contributed by atoms with E-state index in [1.807, 2.05) is 0 Å². The maximum absolute atomic E-state index is 14.0. The van der Waals surface area contributed by atoms with Crippen LogP contribution in [-0.2, 0) is 29.3 Å². The zero-order valence-electron chi connectivity index (χ0n) is 25.7. The fourth-order valence-electron chi connectivity index (χ4n) is 5.56. The molecule has 2 aliphatic rings. The first kappa shape index (κ1) is 35.1. The van der Waals surface area contributed by atoms with Crippen LogP contribution >= 0.6 is 0 Å². The Hall–Kier alpha value is -4.22. The summed E-state index contributed by atoms with van der Waals surface area (Å²) < 4.78 is 119. The quantitative estimate of drug-likeness (QED) is 0.227. The third-order valence-electron chi connectivity index (χ3n) is 8.40. The highest BCUT2D eigenvalue weighted by molar-refractivity contribution is 5.99. The number of ether oxygens (including phenoxy) is 2. The highest BCUT2D eigenvalue weighted by Gasteiger charge is 2.42. The van der Waals surface area contributed by atoms with E-state index in [1.165, 1.54) is 23.7 Å². The van der Waals surface area contributed by atoms with Crippen LogP contribution in [0.3, 0.4) is 0 Å². The molecule has 18 heteroatoms. The summed E-state index contributed by atoms with van der Waals surface area (Å²) in [5.41, 5.74) is -2.21. The molecule has 0 radical (unpaired) electrons. The first-order valence-electron chi connectivity index (χ1n) is 14.9. The maximum atomic E-state index is 14.0. The van der Waals surface area contributed by atoms with E-state index in [4.69, 9.17) is 9.47 Å². The number of hydrogen-bond donors (Lipinski definition) is 3. The Bertz CT molecular complexity index is 1660. The molecule has 3 heterocycles. The predicted molar refractivity (Wildman–Crippen MR) is 155 cm³/mol. The Morgan fingerprint density at radius 2 is 1.75 bits per heavy atom. The van der Waals surface area contributed by atoms with Gasteiger partial charge in [-0.15, -0.1) is 0 Å². The van der Waals surface area contributed by atoms with Crippen molar-refractivity contribution >= 4 is 34.6 Å². The summed E-state index contributed by atoms with van der Waals surface area (Å²) in [6, 6.07) is 3.79. The fourth-order valence-corrected chi connectivity index (χ4v) is 5.56. The zero-order chi connectivity index (χ0) is 35.0. The number of anilines is 2. The molecule has 1 saturated heterocycles. The molecule has 0 atom stereocenters. The molecule has 48 heavy (non-hydrogen) atoms. The van der Waals surface area contributed by atoms with Gasteiger partial charge < -0.3 is 25.4 Å². The van der Waals surface area contributed by atoms with Gasteiger partial charge in [-0.05, 0) is 56.4 Å². The standard InChI is InChI=1S/C30H32F8N6O4/c1-28(13-47-14-28)26(46)39-11-15-3-8-19(30(36,37)38)20(9-15)41-27-42-21-10-18(25(48-12-22(31)32)43-23(21)44(27)2)24(45)40-17-6-4-16(5-7-17)29(33,34)35/h3,8-10,16-17,22H,4-7,11-14H2,1-2H3,(H,39,46)(H,40,45)(H,41,42)/t16-,17-. The lowest BCUT2D eigenvalue weighted by atomic mass is 9.85. The van der Waals surface area contributed by atoms with Crippen molar-refractivity contribution in [2.24, 2.45) is 18.4 Å². The number of nitrogens with zero attached hydrogens (tertiary/aromatic N) is 3. The highest BCUT2D eigenvalue weighted by atomic mass is 19.4. The van der Waals surface area contributed by atoms with Crippen molar-refractivity contribution in [3.8, 4) is 5.88 Å². The van der Waals surface area contributed by atoms with Gasteiger partial charge in [0.2, 0.25) is 17.7 Å². The second-order valence-electron chi connectivity index (χ2n) is 12.2. The van der Waals surface area contributed by atoms with Crippen LogP contribution in [-0.4, -0.2) is 64.8 Å². The normalized spacial score (nSPS) is 19.6. The number of benzene rings is 1. The van der Waals surface area contributed by atoms with E-state index < -0.39 is 65.8 Å². The van der Waals surface area contributed by atoms with E-state index in [9.17, 15) is 44.7 Å². The summed E-state index contributed by atoms with van der Waals surface area (Å²) in [5.74, 6) is -3.33. The van der Waals surface area contributed by atoms with Gasteiger partial charge in [0, 0.05) is 19.6 Å². The first-order chi connectivity index (χ1) is 22.4. The molecule has 0 bridgehead atoms. The number of amides is 2. The third kappa shape index (κ3) is 7.73. The van der Waals surface area contributed by atoms with Crippen molar-refractivity contribution < 1.29 is 54.2 Å². The summed E-state index contributed by atoms with van der Waals surface area (Å²) in [5, 5.41) is 7.92. The number of rotatable bonds is 10. The number of imidazole rings is 1. The SMILES string of the molecule is Cn1c(Nc2cc(CNC(=O)C3(C)COC3)ccc2C(F)(F)F)nc2cc(C(=O)N[C@H]3CC[C@H](C(F)(F)F)CC3)c(OCC(F)F)nc21. The lowest BCUT2D eigenvalue weighted by Gasteiger charge is -2.36. The summed E-state index contributed by atoms with van der Waals surface area (Å²) in [4.78, 5) is 34.1. The Morgan fingerprint density at radius 3 is 2.33 bits per heavy atom. The van der Waals surface area contributed by atoms with Gasteiger partial charge in [-0.1, -0.05) is 6.07 Å². The lowest BCUT2D eigenvalue weighted by molar-refractivity contribution is -0.182. The number of carbonyl (C=O) groups excluding carboxylic acids is 2. The molecular formula is C30H32F8N6O4. The molecule has 2 amide bonds. The summed E-state index contributed by atoms with van der Waals surface area (Å²) >= 11 is 0. The average Bonchev–Trinajstić information content (AvgIpc) is 3.29. The lowest BCUT2D eigenvalue weighted by Crippen LogP contribution is -2.51. The van der Waals surface area contributed by atoms with Crippen molar-refractivity contribution in [3.05, 3.63) is 41.0 Å². The summed E-state index contributed by atoms with van der Waals surface area (Å²) in [6.07, 6.45) is -12.4. The van der Waals surface area contributed by atoms with Gasteiger partial charge in [0.15, 0.2) is 12.3 Å². The molecule has 1 aliphatic heterocycles. The van der Waals surface area contributed by atoms with Crippen LogP contribution in [0, 0.1) is 11.3 Å². The topological polar surface area (TPSA) is 119 Å². The molecule has 5 rings (SSSR count). The summed E-state index contributed by atoms with van der Waals surface area (Å²) in [6.45, 7) is 0.934. The van der Waals surface area contributed by atoms with Gasteiger partial charge in [-0.25, -0.2) is 13.8 Å². The molecule has 10 nitrogen and oxygen atoms in total. The highest BCUT2D eigenvalue weighted by Crippen LogP contribution is 2.39. The monoisotopic (exact) mass is 692 g/mol. The van der Waals surface area contributed by atoms with E-state index in [-0.39, 0.29) is 74.0 Å². The van der Waals surface area contributed by atoms with E-state index >= 15 is 0 Å². The molecule has 2 fully saturated rings. The fraction of sp³-hybridized carbons (Fsp3) is 0.533. The van der Waals surface area contributed by atoms with Crippen LogP contribution in [0.4, 0.5) is 46.8 Å². The van der Waals surface area contributed by atoms with Gasteiger partial charge in [0.25, 0.3) is 12.3 Å². The van der Waals surface area contributed by atoms with Crippen molar-refractivity contribution in [2.45, 2.75) is 64.0 Å². The van der Waals surface area contributed by atoms with Crippen molar-refractivity contribution in [3.63, 3.8) is 0 Å². The Morgan fingerprint density at radius 1 is 1.06 bits per heavy atom. The second kappa shape index (κ2) is 13.4. The van der Waals surface area contributed by atoms with E-state index in [0.717, 1.165) is 12.1 Å². The zero-order valence-corrected chi connectivity index (χ0v) is 25.7. The molecule has 0 spiro atoms. The molecule has 262 valence electrons. The first-order valence-corrected chi connectivity index (χ1v) is 14.9. The number of fused-ring (bicyclic) bond motifs is 1. The Kier molecular flexibility index (Phi) is 9.76. The molecule has 1 aliphatic carbocycles. The largest absolute Gasteiger partial charge is 0.471 e. The number of nitrogens with one attached hydrogen (secondary N) is 3. The third-order valence-corrected chi connectivity index (χ3v) is 8.40. The molecular weight excluding hydrogens is 660 g/mol. The van der Waals surface area contributed by atoms with Crippen molar-refractivity contribution in [1.82, 2.24) is 25.2 Å². The minimum atomic E-state index is -4.79. The number of hydrogen-bond acceptors (Lipinski definition) is 7. The van der Waals surface area contributed by atoms with Gasteiger partial charge in [0.1, 0.15) is 11.1 Å². The van der Waals surface area contributed by atoms with Crippen LogP contribution in [0.15, 0.2) is 24.3 Å². The summed E-state index contributed by atoms with van der Waals surface area (Å²) in [7, 11) is 1.39. The molecule has 0 unspecified atom stereocenters. The van der Waals surface area contributed by atoms with E-state index in [1.54, 1.807) is 6.92 Å². The Labute approximate surface area is 268 Å². The van der Waals surface area contributed by atoms with Crippen LogP contribution in [0.1, 0.15) is 54.1 Å². The number of carbonyl (C=O) groups is 2. The molecule has 1 saturated carbocycles. The Balaban J connectivity index is 1.41. The second-order valence-corrected chi connectivity index (χ2v) is 12.2. The van der Waals surface area contributed by atoms with E-state index in [0.29, 0.717) is 5.56 Å². The van der Waals surface area contributed by atoms with Crippen LogP contribution in [0.25, 0.3) is 11.2 Å². The number of pyridine rings is 1. The van der Waals surface area contributed by atoms with Gasteiger partial charge in [-0.3, -0.25) is 14.2 Å². The number of aryl methyl sites for hydroxylation is 1. The van der Waals surface area contributed by atoms with E-state index in [2.05, 4.69) is 25.9 Å². The van der Waals surface area contributed by atoms with Gasteiger partial charge in [-0.2, -0.15) is 31.3 Å².